The standard InChI is InChI=1S/C12H15ClO2/c1-4-11-9(5-8(2)14)6-10(13)7-12(11)15-3/h6-7H,4-5H2,1-3H3. The van der Waals surface area contributed by atoms with Gasteiger partial charge in [0.05, 0.1) is 7.11 Å². The highest BCUT2D eigenvalue weighted by atomic mass is 35.5. The van der Waals surface area contributed by atoms with Gasteiger partial charge in [0.2, 0.25) is 0 Å². The summed E-state index contributed by atoms with van der Waals surface area (Å²) in [7, 11) is 1.61. The van der Waals surface area contributed by atoms with Crippen molar-refractivity contribution in [3.8, 4) is 5.75 Å². The summed E-state index contributed by atoms with van der Waals surface area (Å²) in [6, 6.07) is 3.62. The first kappa shape index (κ1) is 12.1. The third kappa shape index (κ3) is 2.96. The van der Waals surface area contributed by atoms with Gasteiger partial charge in [0, 0.05) is 11.4 Å². The Morgan fingerprint density at radius 2 is 2.13 bits per heavy atom. The van der Waals surface area contributed by atoms with E-state index in [9.17, 15) is 4.79 Å². The normalized spacial score (nSPS) is 10.1. The average Bonchev–Trinajstić information content (AvgIpc) is 2.15. The molecule has 0 saturated heterocycles. The topological polar surface area (TPSA) is 26.3 Å². The molecule has 1 rings (SSSR count). The number of ketones is 1. The lowest BCUT2D eigenvalue weighted by molar-refractivity contribution is -0.116. The second-order valence-electron chi connectivity index (χ2n) is 3.48. The molecule has 2 nitrogen and oxygen atoms in total. The molecule has 0 fully saturated rings. The molecule has 0 N–H and O–H groups in total. The van der Waals surface area contributed by atoms with Crippen LogP contribution in [0.4, 0.5) is 0 Å². The maximum atomic E-state index is 11.1. The molecule has 0 saturated carbocycles. The summed E-state index contributed by atoms with van der Waals surface area (Å²) in [5.74, 6) is 0.898. The molecule has 0 atom stereocenters. The quantitative estimate of drug-likeness (QED) is 0.789. The van der Waals surface area contributed by atoms with E-state index in [0.29, 0.717) is 11.4 Å². The van der Waals surface area contributed by atoms with Crippen LogP contribution in [0.15, 0.2) is 12.1 Å². The first-order valence-electron chi connectivity index (χ1n) is 4.93. The summed E-state index contributed by atoms with van der Waals surface area (Å²) < 4.78 is 5.24. The average molecular weight is 227 g/mol. The summed E-state index contributed by atoms with van der Waals surface area (Å²) in [4.78, 5) is 11.1. The minimum Gasteiger partial charge on any atom is -0.496 e. The second-order valence-corrected chi connectivity index (χ2v) is 3.91. The van der Waals surface area contributed by atoms with Crippen LogP contribution in [0.5, 0.6) is 5.75 Å². The number of Topliss-reactive ketones (excluding diaryl/α,β-unsaturated/α-hetero) is 1. The molecule has 1 aromatic carbocycles. The Kier molecular flexibility index (Phi) is 4.15. The van der Waals surface area contributed by atoms with E-state index >= 15 is 0 Å². The number of halogens is 1. The fourth-order valence-corrected chi connectivity index (χ4v) is 1.91. The van der Waals surface area contributed by atoms with Gasteiger partial charge in [0.25, 0.3) is 0 Å². The molecule has 0 radical (unpaired) electrons. The summed E-state index contributed by atoms with van der Waals surface area (Å²) in [5.41, 5.74) is 2.03. The Bertz CT molecular complexity index is 372. The van der Waals surface area contributed by atoms with Crippen molar-refractivity contribution < 1.29 is 9.53 Å². The lowest BCUT2D eigenvalue weighted by Crippen LogP contribution is -2.02. The molecule has 0 unspecified atom stereocenters. The fraction of sp³-hybridized carbons (Fsp3) is 0.417. The molecule has 82 valence electrons. The third-order valence-electron chi connectivity index (χ3n) is 2.28. The predicted octanol–water partition coefficient (Wildman–Crippen LogP) is 3.04. The van der Waals surface area contributed by atoms with Crippen LogP contribution >= 0.6 is 11.6 Å². The molecule has 3 heteroatoms. The Morgan fingerprint density at radius 3 is 2.60 bits per heavy atom. The Hall–Kier alpha value is -1.02. The van der Waals surface area contributed by atoms with Gasteiger partial charge in [-0.1, -0.05) is 18.5 Å². The van der Waals surface area contributed by atoms with E-state index in [1.807, 2.05) is 13.0 Å². The number of methoxy groups -OCH3 is 1. The molecule has 0 heterocycles. The van der Waals surface area contributed by atoms with E-state index in [1.165, 1.54) is 0 Å². The Morgan fingerprint density at radius 1 is 1.47 bits per heavy atom. The molecule has 0 bridgehead atoms. The SMILES string of the molecule is CCc1c(CC(C)=O)cc(Cl)cc1OC. The van der Waals surface area contributed by atoms with Gasteiger partial charge in [-0.25, -0.2) is 0 Å². The van der Waals surface area contributed by atoms with Gasteiger partial charge in [-0.3, -0.25) is 4.79 Å². The van der Waals surface area contributed by atoms with Gasteiger partial charge >= 0.3 is 0 Å². The van der Waals surface area contributed by atoms with Crippen LogP contribution in [0.25, 0.3) is 0 Å². The zero-order valence-corrected chi connectivity index (χ0v) is 10.0. The van der Waals surface area contributed by atoms with Crippen molar-refractivity contribution in [2.24, 2.45) is 0 Å². The summed E-state index contributed by atoms with van der Waals surface area (Å²) in [5, 5.41) is 0.611. The zero-order valence-electron chi connectivity index (χ0n) is 9.26. The van der Waals surface area contributed by atoms with Gasteiger partial charge in [-0.15, -0.1) is 0 Å². The molecule has 0 spiro atoms. The molecule has 0 aliphatic heterocycles. The van der Waals surface area contributed by atoms with E-state index in [1.54, 1.807) is 20.1 Å². The number of hydrogen-bond donors (Lipinski definition) is 0. The highest BCUT2D eigenvalue weighted by Crippen LogP contribution is 2.28. The van der Waals surface area contributed by atoms with Crippen molar-refractivity contribution in [1.82, 2.24) is 0 Å². The fourth-order valence-electron chi connectivity index (χ4n) is 1.68. The van der Waals surface area contributed by atoms with Gasteiger partial charge in [0.15, 0.2) is 0 Å². The van der Waals surface area contributed by atoms with E-state index in [-0.39, 0.29) is 5.78 Å². The number of carbonyl (C=O) groups is 1. The smallest absolute Gasteiger partial charge is 0.134 e. The highest BCUT2D eigenvalue weighted by Gasteiger charge is 2.10. The van der Waals surface area contributed by atoms with Crippen LogP contribution in [0, 0.1) is 0 Å². The van der Waals surface area contributed by atoms with Crippen LogP contribution in [0.1, 0.15) is 25.0 Å². The monoisotopic (exact) mass is 226 g/mol. The number of ether oxygens (including phenoxy) is 1. The van der Waals surface area contributed by atoms with Crippen molar-refractivity contribution in [2.45, 2.75) is 26.7 Å². The number of benzene rings is 1. The Labute approximate surface area is 95.2 Å². The maximum absolute atomic E-state index is 11.1. The molecular weight excluding hydrogens is 212 g/mol. The van der Waals surface area contributed by atoms with Gasteiger partial charge < -0.3 is 4.74 Å². The lowest BCUT2D eigenvalue weighted by Gasteiger charge is -2.12. The van der Waals surface area contributed by atoms with E-state index < -0.39 is 0 Å². The molecule has 0 aliphatic carbocycles. The van der Waals surface area contributed by atoms with Crippen molar-refractivity contribution >= 4 is 17.4 Å². The number of rotatable bonds is 4. The molecule has 1 aromatic rings. The van der Waals surface area contributed by atoms with Crippen LogP contribution in [-0.4, -0.2) is 12.9 Å². The van der Waals surface area contributed by atoms with Crippen LogP contribution in [-0.2, 0) is 17.6 Å². The third-order valence-corrected chi connectivity index (χ3v) is 2.50. The lowest BCUT2D eigenvalue weighted by atomic mass is 10.00. The van der Waals surface area contributed by atoms with Crippen LogP contribution < -0.4 is 4.74 Å². The van der Waals surface area contributed by atoms with Gasteiger partial charge in [0.1, 0.15) is 11.5 Å². The largest absolute Gasteiger partial charge is 0.496 e. The molecule has 0 aromatic heterocycles. The van der Waals surface area contributed by atoms with Crippen molar-refractivity contribution in [3.63, 3.8) is 0 Å². The summed E-state index contributed by atoms with van der Waals surface area (Å²) >= 11 is 5.95. The summed E-state index contributed by atoms with van der Waals surface area (Å²) in [6.45, 7) is 3.61. The number of carbonyl (C=O) groups excluding carboxylic acids is 1. The van der Waals surface area contributed by atoms with Crippen molar-refractivity contribution in [3.05, 3.63) is 28.3 Å². The maximum Gasteiger partial charge on any atom is 0.134 e. The Balaban J connectivity index is 3.22. The zero-order chi connectivity index (χ0) is 11.4. The van der Waals surface area contributed by atoms with Gasteiger partial charge in [-0.05, 0) is 36.6 Å². The van der Waals surface area contributed by atoms with Gasteiger partial charge in [-0.2, -0.15) is 0 Å². The first-order valence-corrected chi connectivity index (χ1v) is 5.31. The van der Waals surface area contributed by atoms with E-state index in [2.05, 4.69) is 0 Å². The van der Waals surface area contributed by atoms with E-state index in [0.717, 1.165) is 23.3 Å². The molecule has 0 amide bonds. The molecule has 15 heavy (non-hydrogen) atoms. The second kappa shape index (κ2) is 5.17. The van der Waals surface area contributed by atoms with Crippen LogP contribution in [0.3, 0.4) is 0 Å². The predicted molar refractivity (Wildman–Crippen MR) is 61.8 cm³/mol. The minimum absolute atomic E-state index is 0.133. The van der Waals surface area contributed by atoms with Crippen LogP contribution in [0.2, 0.25) is 5.02 Å². The summed E-state index contributed by atoms with van der Waals surface area (Å²) in [6.07, 6.45) is 1.25. The minimum atomic E-state index is 0.133. The van der Waals surface area contributed by atoms with E-state index in [4.69, 9.17) is 16.3 Å². The molecule has 0 aliphatic rings. The van der Waals surface area contributed by atoms with Crippen molar-refractivity contribution in [1.29, 1.82) is 0 Å². The molecular formula is C12H15ClO2. The first-order chi connectivity index (χ1) is 7.08. The number of hydrogen-bond acceptors (Lipinski definition) is 2. The van der Waals surface area contributed by atoms with Crippen molar-refractivity contribution in [2.75, 3.05) is 7.11 Å². The highest BCUT2D eigenvalue weighted by molar-refractivity contribution is 6.30.